The maximum Gasteiger partial charge on any atom is 0.119 e. The first-order valence-corrected chi connectivity index (χ1v) is 9.88. The van der Waals surface area contributed by atoms with Crippen molar-refractivity contribution in [2.75, 3.05) is 20.2 Å². The van der Waals surface area contributed by atoms with Crippen LogP contribution in [0.15, 0.2) is 42.5 Å². The molecule has 1 aliphatic heterocycles. The molecule has 2 aromatic carbocycles. The number of phenols is 1. The van der Waals surface area contributed by atoms with Crippen LogP contribution in [0.4, 0.5) is 0 Å². The second kappa shape index (κ2) is 7.71. The monoisotopic (exact) mass is 351 g/mol. The molecule has 1 aliphatic carbocycles. The predicted molar refractivity (Wildman–Crippen MR) is 105 cm³/mol. The summed E-state index contributed by atoms with van der Waals surface area (Å²) in [5.41, 5.74) is 4.32. The van der Waals surface area contributed by atoms with E-state index >= 15 is 0 Å². The lowest BCUT2D eigenvalue weighted by Gasteiger charge is -2.33. The molecule has 2 aliphatic rings. The molecule has 3 heteroatoms. The van der Waals surface area contributed by atoms with E-state index in [9.17, 15) is 5.11 Å². The second-order valence-electron chi connectivity index (χ2n) is 7.95. The molecule has 1 saturated carbocycles. The van der Waals surface area contributed by atoms with Gasteiger partial charge in [-0.3, -0.25) is 4.90 Å². The Bertz CT molecular complexity index is 736. The predicted octanol–water partition coefficient (Wildman–Crippen LogP) is 4.73. The summed E-state index contributed by atoms with van der Waals surface area (Å²) in [7, 11) is 1.75. The zero-order chi connectivity index (χ0) is 17.9. The summed E-state index contributed by atoms with van der Waals surface area (Å²) in [6.45, 7) is 3.38. The number of hydrogen-bond donors (Lipinski definition) is 1. The van der Waals surface area contributed by atoms with E-state index in [1.807, 2.05) is 0 Å². The van der Waals surface area contributed by atoms with E-state index in [1.165, 1.54) is 48.9 Å². The maximum atomic E-state index is 9.47. The van der Waals surface area contributed by atoms with Gasteiger partial charge in [0.2, 0.25) is 0 Å². The number of ether oxygens (including phenoxy) is 1. The zero-order valence-electron chi connectivity index (χ0n) is 15.7. The largest absolute Gasteiger partial charge is 0.508 e. The number of rotatable bonds is 6. The smallest absolute Gasteiger partial charge is 0.119 e. The van der Waals surface area contributed by atoms with Gasteiger partial charge in [0.25, 0.3) is 0 Å². The molecular weight excluding hydrogens is 322 g/mol. The van der Waals surface area contributed by atoms with Crippen LogP contribution in [-0.4, -0.2) is 30.2 Å². The third-order valence-electron chi connectivity index (χ3n) is 5.83. The molecule has 0 spiro atoms. The number of methoxy groups -OCH3 is 1. The van der Waals surface area contributed by atoms with Crippen molar-refractivity contribution < 1.29 is 9.84 Å². The Hall–Kier alpha value is -2.00. The highest BCUT2D eigenvalue weighted by Gasteiger charge is 2.28. The molecule has 0 bridgehead atoms. The SMILES string of the molecule is COc1ccc(C2CC2)c(CN2CCCC(Cc3ccc(O)cc3)C2)c1. The van der Waals surface area contributed by atoms with Gasteiger partial charge in [-0.25, -0.2) is 0 Å². The van der Waals surface area contributed by atoms with Gasteiger partial charge >= 0.3 is 0 Å². The van der Waals surface area contributed by atoms with Crippen molar-refractivity contribution in [1.29, 1.82) is 0 Å². The summed E-state index contributed by atoms with van der Waals surface area (Å²) < 4.78 is 5.47. The summed E-state index contributed by atoms with van der Waals surface area (Å²) in [5, 5.41) is 9.47. The highest BCUT2D eigenvalue weighted by Crippen LogP contribution is 2.43. The van der Waals surface area contributed by atoms with Crippen molar-refractivity contribution in [2.24, 2.45) is 5.92 Å². The third-order valence-corrected chi connectivity index (χ3v) is 5.83. The fourth-order valence-corrected chi connectivity index (χ4v) is 4.31. The number of aromatic hydroxyl groups is 1. The van der Waals surface area contributed by atoms with Crippen molar-refractivity contribution >= 4 is 0 Å². The van der Waals surface area contributed by atoms with Crippen LogP contribution in [-0.2, 0) is 13.0 Å². The van der Waals surface area contributed by atoms with Crippen LogP contribution in [0.2, 0.25) is 0 Å². The first-order valence-electron chi connectivity index (χ1n) is 9.88. The summed E-state index contributed by atoms with van der Waals surface area (Å²) in [6, 6.07) is 14.4. The van der Waals surface area contributed by atoms with Crippen molar-refractivity contribution in [3.8, 4) is 11.5 Å². The van der Waals surface area contributed by atoms with Gasteiger partial charge in [0.05, 0.1) is 7.11 Å². The molecule has 1 N–H and O–H groups in total. The molecule has 1 unspecified atom stereocenters. The van der Waals surface area contributed by atoms with Crippen LogP contribution in [0.5, 0.6) is 11.5 Å². The zero-order valence-corrected chi connectivity index (χ0v) is 15.7. The minimum Gasteiger partial charge on any atom is -0.508 e. The van der Waals surface area contributed by atoms with Crippen molar-refractivity contribution in [3.63, 3.8) is 0 Å². The molecule has 1 atom stereocenters. The Morgan fingerprint density at radius 2 is 1.88 bits per heavy atom. The van der Waals surface area contributed by atoms with Crippen LogP contribution >= 0.6 is 0 Å². The topological polar surface area (TPSA) is 32.7 Å². The summed E-state index contributed by atoms with van der Waals surface area (Å²) in [6.07, 6.45) is 6.34. The number of nitrogens with zero attached hydrogens (tertiary/aromatic N) is 1. The summed E-state index contributed by atoms with van der Waals surface area (Å²) in [5.74, 6) is 2.79. The third kappa shape index (κ3) is 4.21. The fraction of sp³-hybridized carbons (Fsp3) is 0.478. The van der Waals surface area contributed by atoms with E-state index in [4.69, 9.17) is 4.74 Å². The quantitative estimate of drug-likeness (QED) is 0.816. The van der Waals surface area contributed by atoms with Gasteiger partial charge in [0.15, 0.2) is 0 Å². The van der Waals surface area contributed by atoms with Gasteiger partial charge in [0, 0.05) is 13.1 Å². The number of phenolic OH excluding ortho intramolecular Hbond substituents is 1. The molecule has 2 aromatic rings. The highest BCUT2D eigenvalue weighted by molar-refractivity contribution is 5.39. The average molecular weight is 351 g/mol. The Labute approximate surface area is 156 Å². The molecule has 2 fully saturated rings. The first-order chi connectivity index (χ1) is 12.7. The van der Waals surface area contributed by atoms with Gasteiger partial charge in [-0.2, -0.15) is 0 Å². The lowest BCUT2D eigenvalue weighted by atomic mass is 9.90. The van der Waals surface area contributed by atoms with Crippen molar-refractivity contribution in [1.82, 2.24) is 4.90 Å². The Balaban J connectivity index is 1.42. The lowest BCUT2D eigenvalue weighted by Crippen LogP contribution is -2.36. The molecule has 1 heterocycles. The maximum absolute atomic E-state index is 9.47. The van der Waals surface area contributed by atoms with Crippen molar-refractivity contribution in [3.05, 3.63) is 59.2 Å². The van der Waals surface area contributed by atoms with Gasteiger partial charge in [-0.15, -0.1) is 0 Å². The number of likely N-dealkylation sites (tertiary alicyclic amines) is 1. The van der Waals surface area contributed by atoms with Gasteiger partial charge in [-0.1, -0.05) is 18.2 Å². The van der Waals surface area contributed by atoms with Gasteiger partial charge in [-0.05, 0) is 91.4 Å². The van der Waals surface area contributed by atoms with E-state index < -0.39 is 0 Å². The van der Waals surface area contributed by atoms with Crippen LogP contribution in [0.1, 0.15) is 48.3 Å². The Morgan fingerprint density at radius 3 is 2.62 bits per heavy atom. The number of piperidine rings is 1. The number of benzene rings is 2. The van der Waals surface area contributed by atoms with Crippen LogP contribution in [0.25, 0.3) is 0 Å². The molecule has 0 amide bonds. The van der Waals surface area contributed by atoms with Gasteiger partial charge in [0.1, 0.15) is 11.5 Å². The highest BCUT2D eigenvalue weighted by atomic mass is 16.5. The minimum absolute atomic E-state index is 0.352. The van der Waals surface area contributed by atoms with E-state index in [2.05, 4.69) is 35.2 Å². The Kier molecular flexibility index (Phi) is 5.16. The molecule has 0 aromatic heterocycles. The summed E-state index contributed by atoms with van der Waals surface area (Å²) in [4.78, 5) is 2.62. The van der Waals surface area contributed by atoms with Crippen LogP contribution < -0.4 is 4.74 Å². The minimum atomic E-state index is 0.352. The molecule has 1 saturated heterocycles. The van der Waals surface area contributed by atoms with E-state index in [1.54, 1.807) is 19.2 Å². The standard InChI is InChI=1S/C23H29NO2/c1-26-22-10-11-23(19-6-7-19)20(14-22)16-24-12-2-3-18(15-24)13-17-4-8-21(25)9-5-17/h4-5,8-11,14,18-19,25H,2-3,6-7,12-13,15-16H2,1H3. The molecule has 26 heavy (non-hydrogen) atoms. The molecular formula is C23H29NO2. The van der Waals surface area contributed by atoms with E-state index in [-0.39, 0.29) is 0 Å². The van der Waals surface area contributed by atoms with Gasteiger partial charge < -0.3 is 9.84 Å². The second-order valence-corrected chi connectivity index (χ2v) is 7.95. The van der Waals surface area contributed by atoms with E-state index in [0.717, 1.165) is 31.2 Å². The molecule has 4 rings (SSSR count). The van der Waals surface area contributed by atoms with Crippen LogP contribution in [0.3, 0.4) is 0 Å². The summed E-state index contributed by atoms with van der Waals surface area (Å²) >= 11 is 0. The molecule has 3 nitrogen and oxygen atoms in total. The molecule has 0 radical (unpaired) electrons. The first kappa shape index (κ1) is 17.4. The average Bonchev–Trinajstić information content (AvgIpc) is 3.49. The molecule has 138 valence electrons. The number of hydrogen-bond acceptors (Lipinski definition) is 3. The normalized spacial score (nSPS) is 20.9. The van der Waals surface area contributed by atoms with E-state index in [0.29, 0.717) is 11.7 Å². The van der Waals surface area contributed by atoms with Crippen molar-refractivity contribution in [2.45, 2.75) is 44.6 Å². The Morgan fingerprint density at radius 1 is 1.08 bits per heavy atom. The lowest BCUT2D eigenvalue weighted by molar-refractivity contribution is 0.166. The fourth-order valence-electron chi connectivity index (χ4n) is 4.31. The van der Waals surface area contributed by atoms with Crippen LogP contribution in [0, 0.1) is 5.92 Å².